The van der Waals surface area contributed by atoms with Crippen LogP contribution in [0.5, 0.6) is 23.0 Å². The summed E-state index contributed by atoms with van der Waals surface area (Å²) in [5, 5.41) is 51.5. The molecule has 0 amide bonds. The van der Waals surface area contributed by atoms with E-state index in [-0.39, 0.29) is 34.7 Å². The maximum atomic E-state index is 11.1. The molecule has 0 aliphatic heterocycles. The molecule has 3 aromatic heterocycles. The van der Waals surface area contributed by atoms with Crippen molar-refractivity contribution in [3.63, 3.8) is 0 Å². The minimum absolute atomic E-state index is 0. The molecule has 17 heteroatoms. The molecule has 242 valence electrons. The number of nitrogens with zero attached hydrogens (tertiary/aromatic N) is 2. The second-order valence-electron chi connectivity index (χ2n) is 6.95. The van der Waals surface area contributed by atoms with Crippen LogP contribution in [0.2, 0.25) is 0 Å². The van der Waals surface area contributed by atoms with Gasteiger partial charge in [-0.1, -0.05) is 81.9 Å². The molecule has 0 unspecified atom stereocenters. The number of benzene rings is 2. The summed E-state index contributed by atoms with van der Waals surface area (Å²) in [5.74, 6) is -2.23. The second kappa shape index (κ2) is 27.4. The number of aliphatic hydroxyl groups excluding tert-OH is 1. The summed E-state index contributed by atoms with van der Waals surface area (Å²) in [6, 6.07) is 17.3. The summed E-state index contributed by atoms with van der Waals surface area (Å²) in [5.41, 5.74) is 0. The molecule has 5 aromatic rings. The number of rotatable bonds is 0. The quantitative estimate of drug-likeness (QED) is 0.122. The summed E-state index contributed by atoms with van der Waals surface area (Å²) in [6.45, 7) is 0. The SMILES string of the molecule is CO.[Co+3].[O-]c1c([O-])c(Br)c(Br)c(Br)c1Br.[O-]c1c([O-])c(Br)c(Br)c(Br)c1Br.c1cc[nH+]cc1.c1ccncc1.c1ccncc1. The van der Waals surface area contributed by atoms with E-state index >= 15 is 0 Å². The topological polar surface area (TPSA) is 152 Å². The van der Waals surface area contributed by atoms with Crippen molar-refractivity contribution < 1.29 is 47.3 Å². The number of hydrogen-bond donors (Lipinski definition) is 1. The van der Waals surface area contributed by atoms with Gasteiger partial charge >= 0.3 is 16.8 Å². The zero-order valence-electron chi connectivity index (χ0n) is 22.5. The van der Waals surface area contributed by atoms with E-state index < -0.39 is 23.0 Å². The fraction of sp³-hybridized carbons (Fsp3) is 0.0357. The van der Waals surface area contributed by atoms with Crippen LogP contribution in [-0.4, -0.2) is 22.2 Å². The van der Waals surface area contributed by atoms with Gasteiger partial charge in [0.05, 0.1) is 0 Å². The van der Waals surface area contributed by atoms with E-state index in [4.69, 9.17) is 5.11 Å². The van der Waals surface area contributed by atoms with Crippen LogP contribution in [0.1, 0.15) is 0 Å². The van der Waals surface area contributed by atoms with Gasteiger partial charge in [0.25, 0.3) is 0 Å². The van der Waals surface area contributed by atoms with Crippen LogP contribution in [0.3, 0.4) is 0 Å². The monoisotopic (exact) mass is 1170 g/mol. The average Bonchev–Trinajstić information content (AvgIpc) is 3.10. The number of H-pyrrole nitrogens is 1. The smallest absolute Gasteiger partial charge is 0.872 e. The van der Waals surface area contributed by atoms with Crippen molar-refractivity contribution >= 4 is 127 Å². The molecule has 2 N–H and O–H groups in total. The van der Waals surface area contributed by atoms with Crippen molar-refractivity contribution in [2.24, 2.45) is 0 Å². The molecule has 5 rings (SSSR count). The van der Waals surface area contributed by atoms with Gasteiger partial charge in [-0.25, -0.2) is 4.98 Å². The molecule has 0 atom stereocenters. The average molecular weight is 1180 g/mol. The van der Waals surface area contributed by atoms with Gasteiger partial charge in [0, 0.05) is 79.8 Å². The first-order valence-electron chi connectivity index (χ1n) is 11.4. The standard InChI is InChI=1S/2C6H2Br4O2.3C5H5N.CH4O.Co/c2*7-1-2(8)4(10)6(12)5(11)3(1)9;3*1-2-4-6-5-3-1;1-2;/h2*11-12H;3*1-5H;2H,1H3;/q;;;;;;+3/p-3. The van der Waals surface area contributed by atoms with Gasteiger partial charge in [-0.05, 0) is 88.0 Å². The van der Waals surface area contributed by atoms with Gasteiger partial charge in [0.1, 0.15) is 0 Å². The largest absolute Gasteiger partial charge is 3.00 e. The predicted octanol–water partition coefficient (Wildman–Crippen LogP) is 8.04. The third kappa shape index (κ3) is 17.4. The molecule has 2 aromatic carbocycles. The summed E-state index contributed by atoms with van der Waals surface area (Å²) < 4.78 is 3.12. The van der Waals surface area contributed by atoms with Crippen LogP contribution in [0.15, 0.2) is 128 Å². The van der Waals surface area contributed by atoms with E-state index in [1.165, 1.54) is 0 Å². The zero-order valence-corrected chi connectivity index (χ0v) is 36.2. The first-order chi connectivity index (χ1) is 20.9. The third-order valence-corrected chi connectivity index (χ3v) is 13.5. The molecule has 3 heterocycles. The Hall–Kier alpha value is -0.604. The van der Waals surface area contributed by atoms with Crippen LogP contribution in [0.4, 0.5) is 0 Å². The van der Waals surface area contributed by atoms with Gasteiger partial charge in [0.2, 0.25) is 0 Å². The Labute approximate surface area is 338 Å². The first kappa shape index (κ1) is 46.5. The zero-order chi connectivity index (χ0) is 33.7. The third-order valence-electron chi connectivity index (χ3n) is 4.11. The molecule has 0 aliphatic rings. The molecule has 8 nitrogen and oxygen atoms in total. The molecule has 0 spiro atoms. The molecule has 0 saturated carbocycles. The summed E-state index contributed by atoms with van der Waals surface area (Å²) in [6.07, 6.45) is 10.8. The Balaban J connectivity index is 0. The van der Waals surface area contributed by atoms with Crippen LogP contribution >= 0.6 is 127 Å². The summed E-state index contributed by atoms with van der Waals surface area (Å²) in [7, 11) is 1.00. The number of nitrogens with one attached hydrogen (secondary N) is 1. The molecule has 0 bridgehead atoms. The van der Waals surface area contributed by atoms with E-state index in [1.54, 1.807) is 24.8 Å². The van der Waals surface area contributed by atoms with Crippen molar-refractivity contribution in [3.05, 3.63) is 128 Å². The van der Waals surface area contributed by atoms with Crippen molar-refractivity contribution in [3.8, 4) is 23.0 Å². The fourth-order valence-electron chi connectivity index (χ4n) is 2.15. The predicted molar refractivity (Wildman–Crippen MR) is 192 cm³/mol. The normalized spacial score (nSPS) is 8.84. The van der Waals surface area contributed by atoms with Crippen molar-refractivity contribution in [2.45, 2.75) is 0 Å². The maximum Gasteiger partial charge on any atom is 3.00 e. The Morgan fingerprint density at radius 2 is 0.644 bits per heavy atom. The minimum atomic E-state index is -0.558. The van der Waals surface area contributed by atoms with E-state index in [0.29, 0.717) is 17.9 Å². The van der Waals surface area contributed by atoms with Crippen LogP contribution in [0, 0.1) is 0 Å². The van der Waals surface area contributed by atoms with Gasteiger partial charge < -0.3 is 25.5 Å². The Morgan fingerprint density at radius 3 is 0.756 bits per heavy atom. The summed E-state index contributed by atoms with van der Waals surface area (Å²) in [4.78, 5) is 10.5. The van der Waals surface area contributed by atoms with Crippen molar-refractivity contribution in [2.75, 3.05) is 7.11 Å². The molecular formula is C28H20Br8CoN3O5. The molecule has 0 saturated heterocycles. The molecule has 45 heavy (non-hydrogen) atoms. The first-order valence-corrected chi connectivity index (χ1v) is 17.7. The van der Waals surface area contributed by atoms with Gasteiger partial charge in [-0.2, -0.15) is 0 Å². The number of aliphatic hydroxyl groups is 1. The molecular weight excluding hydrogens is 1160 g/mol. The number of pyridine rings is 3. The van der Waals surface area contributed by atoms with Gasteiger partial charge in [-0.15, -0.1) is 23.0 Å². The molecule has 0 aliphatic carbocycles. The molecule has 0 radical (unpaired) electrons. The van der Waals surface area contributed by atoms with E-state index in [9.17, 15) is 20.4 Å². The van der Waals surface area contributed by atoms with Crippen LogP contribution in [0.25, 0.3) is 0 Å². The maximum absolute atomic E-state index is 11.1. The van der Waals surface area contributed by atoms with Crippen molar-refractivity contribution in [1.82, 2.24) is 9.97 Å². The van der Waals surface area contributed by atoms with E-state index in [1.807, 2.05) is 67.0 Å². The van der Waals surface area contributed by atoms with Gasteiger partial charge in [0.15, 0.2) is 12.4 Å². The summed E-state index contributed by atoms with van der Waals surface area (Å²) >= 11 is 24.6. The number of halogens is 8. The molecule has 0 fully saturated rings. The Bertz CT molecular complexity index is 1080. The second-order valence-corrected chi connectivity index (χ2v) is 13.3. The Morgan fingerprint density at radius 1 is 0.422 bits per heavy atom. The number of hydrogen-bond acceptors (Lipinski definition) is 7. The van der Waals surface area contributed by atoms with Crippen LogP contribution < -0.4 is 25.4 Å². The van der Waals surface area contributed by atoms with E-state index in [2.05, 4.69) is 142 Å². The van der Waals surface area contributed by atoms with E-state index in [0.717, 1.165) is 7.11 Å². The number of aromatic nitrogens is 3. The Kier molecular flexibility index (Phi) is 28.3. The van der Waals surface area contributed by atoms with Gasteiger partial charge in [-0.3, -0.25) is 9.97 Å². The fourth-order valence-corrected chi connectivity index (χ4v) is 6.24. The minimum Gasteiger partial charge on any atom is -0.872 e. The van der Waals surface area contributed by atoms with Crippen molar-refractivity contribution in [1.29, 1.82) is 0 Å². The number of aromatic amines is 1. The van der Waals surface area contributed by atoms with Crippen LogP contribution in [-0.2, 0) is 16.8 Å².